The molecule has 4 aromatic carbocycles. The van der Waals surface area contributed by atoms with Gasteiger partial charge in [0.15, 0.2) is 15.3 Å². The van der Waals surface area contributed by atoms with Gasteiger partial charge in [0.25, 0.3) is 0 Å². The van der Waals surface area contributed by atoms with Gasteiger partial charge in [-0.15, -0.1) is 0 Å². The van der Waals surface area contributed by atoms with Gasteiger partial charge < -0.3 is 43.4 Å². The van der Waals surface area contributed by atoms with E-state index in [1.807, 2.05) is 25.1 Å². The van der Waals surface area contributed by atoms with Gasteiger partial charge in [-0.25, -0.2) is 0 Å². The highest BCUT2D eigenvalue weighted by molar-refractivity contribution is 7.81. The number of nitrogens with two attached hydrogens (primary N) is 2. The van der Waals surface area contributed by atoms with Crippen LogP contribution in [0.5, 0.6) is 0 Å². The molecule has 0 heterocycles. The summed E-state index contributed by atoms with van der Waals surface area (Å²) in [6, 6.07) is 25.0. The molecule has 4 aromatic rings. The second-order valence-electron chi connectivity index (χ2n) is 22.1. The van der Waals surface area contributed by atoms with Crippen molar-refractivity contribution in [2.24, 2.45) is 23.5 Å². The van der Waals surface area contributed by atoms with E-state index in [2.05, 4.69) is 247 Å². The van der Waals surface area contributed by atoms with E-state index in [0.29, 0.717) is 33.1 Å². The molecule has 0 aromatic heterocycles. The lowest BCUT2D eigenvalue weighted by molar-refractivity contribution is 0.501. The Labute approximate surface area is 505 Å². The summed E-state index contributed by atoms with van der Waals surface area (Å²) in [6.07, 6.45) is 33.8. The molecule has 8 nitrogen and oxygen atoms in total. The summed E-state index contributed by atoms with van der Waals surface area (Å²) in [4.78, 5) is 0. The monoisotopic (exact) mass is 1140 g/mol. The first kappa shape index (κ1) is 61.8. The lowest BCUT2D eigenvalue weighted by Gasteiger charge is -2.25. The summed E-state index contributed by atoms with van der Waals surface area (Å²) in [6.45, 7) is 27.8. The van der Waals surface area contributed by atoms with Gasteiger partial charge in [0, 0.05) is 51.5 Å². The van der Waals surface area contributed by atoms with Crippen molar-refractivity contribution in [1.82, 2.24) is 16.0 Å². The SMILES string of the molecule is C=C(C)\C(=C/C(CC)=C(C)/C=C/c1ccc(N)cc1C)NC(=S)Nc1ccc(/C=C/C2=CC=C(NC(=S)Nc3ccc(/C=C/C4=C(C)C=C(NC(=S)Nc5ccc(/C=C/C6=CC=C(N)C(C)C6C)c(C)c5)CC4)c(C)c3)CC2C)c(C)c1. The van der Waals surface area contributed by atoms with E-state index in [1.54, 1.807) is 0 Å². The number of nitrogens with one attached hydrogen (secondary N) is 6. The van der Waals surface area contributed by atoms with Gasteiger partial charge in [-0.1, -0.05) is 119 Å². The summed E-state index contributed by atoms with van der Waals surface area (Å²) in [7, 11) is 0. The van der Waals surface area contributed by atoms with Gasteiger partial charge in [-0.3, -0.25) is 0 Å². The molecule has 3 aliphatic rings. The number of thiocarbonyl (C=S) groups is 3. The number of benzene rings is 4. The van der Waals surface area contributed by atoms with Crippen LogP contribution in [0.4, 0.5) is 22.7 Å². The van der Waals surface area contributed by atoms with E-state index in [0.717, 1.165) is 110 Å². The standard InChI is InChI=1S/C71H82N8S3/c1-13-53(44(4)14-15-54-22-29-61(72)36-45(54)5)42-68(43(2)3)79-71(82)78-66-34-26-58(49(9)41-66)19-18-57-25-32-63(39-48(57)8)75-69(80)74-62-30-23-55(46(6)37-62)16-17-56-24-31-64(38-47(56)7)76-70(81)77-65-33-27-59(50(10)40-65)20-21-60-28-35-67(73)52(12)51(60)11/h14-23,25-30,32-38,40-42,48,51-52H,2,13,24,31,39,72-73H2,1,3-12H3,(H2,74,75,80)(H2,76,77,81)(H2,78,79,82)/b15-14+,17-16+,19-18+,21-20+,53-44+,68-42+. The normalized spacial score (nSPS) is 17.9. The van der Waals surface area contributed by atoms with Crippen molar-refractivity contribution in [2.75, 3.05) is 21.7 Å². The molecule has 82 heavy (non-hydrogen) atoms. The molecule has 0 saturated carbocycles. The van der Waals surface area contributed by atoms with Crippen molar-refractivity contribution in [3.63, 3.8) is 0 Å². The number of rotatable bonds is 17. The number of nitrogen functional groups attached to an aromatic ring is 1. The summed E-state index contributed by atoms with van der Waals surface area (Å²) in [5.41, 5.74) is 37.2. The molecule has 0 aliphatic heterocycles. The molecular formula is C71H82N8S3. The minimum Gasteiger partial charge on any atom is -0.402 e. The molecular weight excluding hydrogens is 1060 g/mol. The molecule has 0 bridgehead atoms. The van der Waals surface area contributed by atoms with Gasteiger partial charge in [-0.2, -0.15) is 0 Å². The topological polar surface area (TPSA) is 124 Å². The smallest absolute Gasteiger partial charge is 0.175 e. The number of anilines is 4. The highest BCUT2D eigenvalue weighted by atomic mass is 32.1. The zero-order chi connectivity index (χ0) is 59.2. The summed E-state index contributed by atoms with van der Waals surface area (Å²) < 4.78 is 0. The van der Waals surface area contributed by atoms with E-state index in [4.69, 9.17) is 48.1 Å². The Kier molecular flexibility index (Phi) is 21.6. The van der Waals surface area contributed by atoms with Crippen molar-refractivity contribution in [2.45, 2.75) is 102 Å². The van der Waals surface area contributed by atoms with Gasteiger partial charge in [0.2, 0.25) is 0 Å². The zero-order valence-corrected chi connectivity index (χ0v) is 52.1. The lowest BCUT2D eigenvalue weighted by atomic mass is 9.82. The van der Waals surface area contributed by atoms with Crippen molar-refractivity contribution in [3.05, 3.63) is 246 Å². The molecule has 0 fully saturated rings. The van der Waals surface area contributed by atoms with Gasteiger partial charge in [0.05, 0.1) is 0 Å². The summed E-state index contributed by atoms with van der Waals surface area (Å²) >= 11 is 17.4. The van der Waals surface area contributed by atoms with Crippen molar-refractivity contribution >= 4 is 99.0 Å². The third-order valence-electron chi connectivity index (χ3n) is 15.6. The molecule has 10 N–H and O–H groups in total. The first-order valence-electron chi connectivity index (χ1n) is 28.3. The quantitative estimate of drug-likeness (QED) is 0.0293. The van der Waals surface area contributed by atoms with Crippen molar-refractivity contribution in [1.29, 1.82) is 0 Å². The Bertz CT molecular complexity index is 3550. The molecule has 424 valence electrons. The minimum absolute atomic E-state index is 0.302. The van der Waals surface area contributed by atoms with Crippen LogP contribution in [0.1, 0.15) is 119 Å². The molecule has 0 amide bonds. The molecule has 0 spiro atoms. The Balaban J connectivity index is 0.870. The van der Waals surface area contributed by atoms with Crippen molar-refractivity contribution < 1.29 is 0 Å². The molecule has 0 saturated heterocycles. The fraction of sp³-hybridized carbons (Fsp3) is 0.254. The summed E-state index contributed by atoms with van der Waals surface area (Å²) in [5.74, 6) is 1.02. The highest BCUT2D eigenvalue weighted by Crippen LogP contribution is 2.32. The summed E-state index contributed by atoms with van der Waals surface area (Å²) in [5, 5.41) is 22.1. The lowest BCUT2D eigenvalue weighted by Crippen LogP contribution is -2.29. The van der Waals surface area contributed by atoms with Crippen molar-refractivity contribution in [3.8, 4) is 0 Å². The molecule has 7 rings (SSSR count). The first-order chi connectivity index (χ1) is 39.1. The van der Waals surface area contributed by atoms with E-state index >= 15 is 0 Å². The predicted molar refractivity (Wildman–Crippen MR) is 368 cm³/mol. The van der Waals surface area contributed by atoms with Gasteiger partial charge >= 0.3 is 0 Å². The Morgan fingerprint density at radius 3 is 1.62 bits per heavy atom. The highest BCUT2D eigenvalue weighted by Gasteiger charge is 2.21. The van der Waals surface area contributed by atoms with Gasteiger partial charge in [-0.05, 0) is 279 Å². The fourth-order valence-electron chi connectivity index (χ4n) is 10.1. The minimum atomic E-state index is 0.302. The van der Waals surface area contributed by atoms with E-state index in [9.17, 15) is 0 Å². The second-order valence-corrected chi connectivity index (χ2v) is 23.3. The number of aryl methyl sites for hydroxylation is 4. The molecule has 3 unspecified atom stereocenters. The third kappa shape index (κ3) is 17.3. The Morgan fingerprint density at radius 2 is 1.09 bits per heavy atom. The Morgan fingerprint density at radius 1 is 0.573 bits per heavy atom. The van der Waals surface area contributed by atoms with E-state index in [-0.39, 0.29) is 0 Å². The number of hydrogen-bond acceptors (Lipinski definition) is 5. The van der Waals surface area contributed by atoms with Crippen LogP contribution in [0, 0.1) is 45.4 Å². The maximum Gasteiger partial charge on any atom is 0.175 e. The van der Waals surface area contributed by atoms with E-state index < -0.39 is 0 Å². The van der Waals surface area contributed by atoms with Crippen LogP contribution in [0.25, 0.3) is 24.3 Å². The third-order valence-corrected chi connectivity index (χ3v) is 16.2. The Hall–Kier alpha value is -7.83. The molecule has 3 aliphatic carbocycles. The first-order valence-corrected chi connectivity index (χ1v) is 29.5. The fourth-order valence-corrected chi connectivity index (χ4v) is 10.8. The molecule has 11 heteroatoms. The average Bonchev–Trinajstić information content (AvgIpc) is 3.55. The van der Waals surface area contributed by atoms with Crippen LogP contribution in [-0.2, 0) is 0 Å². The predicted octanol–water partition coefficient (Wildman–Crippen LogP) is 17.6. The van der Waals surface area contributed by atoms with Crippen LogP contribution >= 0.6 is 36.7 Å². The average molecular weight is 1140 g/mol. The number of allylic oxidation sites excluding steroid dienone is 20. The van der Waals surface area contributed by atoms with Crippen LogP contribution in [-0.4, -0.2) is 15.3 Å². The zero-order valence-electron chi connectivity index (χ0n) is 49.7. The number of hydrogen-bond donors (Lipinski definition) is 8. The maximum absolute atomic E-state index is 6.15. The van der Waals surface area contributed by atoms with Crippen LogP contribution in [0.3, 0.4) is 0 Å². The maximum atomic E-state index is 6.15. The van der Waals surface area contributed by atoms with E-state index in [1.165, 1.54) is 44.6 Å². The van der Waals surface area contributed by atoms with Crippen LogP contribution in [0.15, 0.2) is 202 Å². The van der Waals surface area contributed by atoms with Crippen LogP contribution < -0.4 is 43.4 Å². The van der Waals surface area contributed by atoms with Crippen LogP contribution in [0.2, 0.25) is 0 Å². The largest absolute Gasteiger partial charge is 0.402 e. The van der Waals surface area contributed by atoms with Gasteiger partial charge in [0.1, 0.15) is 0 Å². The molecule has 0 radical (unpaired) electrons. The molecule has 3 atom stereocenters. The second kappa shape index (κ2) is 28.7.